The van der Waals surface area contributed by atoms with Crippen LogP contribution in [0.3, 0.4) is 0 Å². The van der Waals surface area contributed by atoms with Gasteiger partial charge in [0.25, 0.3) is 5.91 Å². The minimum Gasteiger partial charge on any atom is -0.508 e. The van der Waals surface area contributed by atoms with E-state index in [9.17, 15) is 14.7 Å². The maximum atomic E-state index is 13.5. The third-order valence-electron chi connectivity index (χ3n) is 5.47. The summed E-state index contributed by atoms with van der Waals surface area (Å²) in [4.78, 5) is 33.8. The van der Waals surface area contributed by atoms with Gasteiger partial charge < -0.3 is 5.11 Å². The van der Waals surface area contributed by atoms with Crippen LogP contribution in [0.1, 0.15) is 11.6 Å². The minimum absolute atomic E-state index is 0.0316. The highest BCUT2D eigenvalue weighted by Crippen LogP contribution is 2.49. The fourth-order valence-corrected chi connectivity index (χ4v) is 4.36. The summed E-state index contributed by atoms with van der Waals surface area (Å²) in [5.41, 5.74) is 1.52. The summed E-state index contributed by atoms with van der Waals surface area (Å²) in [6, 6.07) is 22.0. The first-order chi connectivity index (χ1) is 14.6. The van der Waals surface area contributed by atoms with Gasteiger partial charge in [0.05, 0.1) is 22.4 Å². The zero-order chi connectivity index (χ0) is 20.8. The molecule has 2 saturated heterocycles. The van der Waals surface area contributed by atoms with Crippen molar-refractivity contribution in [3.63, 3.8) is 0 Å². The maximum absolute atomic E-state index is 13.5. The normalized spacial score (nSPS) is 23.2. The Morgan fingerprint density at radius 3 is 2.23 bits per heavy atom. The Kier molecular flexibility index (Phi) is 4.46. The van der Waals surface area contributed by atoms with Crippen LogP contribution in [-0.4, -0.2) is 23.0 Å². The molecule has 0 aliphatic carbocycles. The number of amides is 2. The van der Waals surface area contributed by atoms with Gasteiger partial charge in [-0.2, -0.15) is 0 Å². The van der Waals surface area contributed by atoms with Gasteiger partial charge in [-0.25, -0.2) is 9.96 Å². The second kappa shape index (κ2) is 7.16. The smallest absolute Gasteiger partial charge is 0.266 e. The zero-order valence-electron chi connectivity index (χ0n) is 15.7. The number of rotatable bonds is 3. The maximum Gasteiger partial charge on any atom is 0.266 e. The second-order valence-electron chi connectivity index (χ2n) is 7.18. The molecule has 3 atom stereocenters. The molecule has 0 bridgehead atoms. The van der Waals surface area contributed by atoms with E-state index in [2.05, 4.69) is 0 Å². The van der Waals surface area contributed by atoms with Gasteiger partial charge in [-0.05, 0) is 30.3 Å². The van der Waals surface area contributed by atoms with E-state index in [4.69, 9.17) is 16.4 Å². The number of hydrogen-bond acceptors (Lipinski definition) is 5. The molecule has 0 radical (unpaired) electrons. The molecule has 3 aromatic rings. The molecule has 2 aliphatic rings. The molecule has 0 saturated carbocycles. The highest BCUT2D eigenvalue weighted by molar-refractivity contribution is 6.36. The zero-order valence-corrected chi connectivity index (χ0v) is 16.4. The SMILES string of the molecule is O=C1[C@H]2[C@@H](ON(c3ccccc3)[C@H]2c2ccccc2O)C(=O)N1c1ccccc1Cl. The van der Waals surface area contributed by atoms with Crippen molar-refractivity contribution >= 4 is 34.8 Å². The highest BCUT2D eigenvalue weighted by Gasteiger charge is 2.60. The summed E-state index contributed by atoms with van der Waals surface area (Å²) < 4.78 is 0. The van der Waals surface area contributed by atoms with E-state index in [0.717, 1.165) is 4.90 Å². The van der Waals surface area contributed by atoms with E-state index in [1.54, 1.807) is 53.6 Å². The average molecular weight is 421 g/mol. The number of halogens is 1. The van der Waals surface area contributed by atoms with Gasteiger partial charge in [-0.1, -0.05) is 60.1 Å². The summed E-state index contributed by atoms with van der Waals surface area (Å²) in [6.07, 6.45) is -1.02. The molecule has 150 valence electrons. The van der Waals surface area contributed by atoms with Crippen LogP contribution < -0.4 is 9.96 Å². The van der Waals surface area contributed by atoms with E-state index >= 15 is 0 Å². The first-order valence-corrected chi connectivity index (χ1v) is 9.87. The Labute approximate surface area is 177 Å². The molecule has 0 spiro atoms. The number of imide groups is 1. The number of benzene rings is 3. The fraction of sp³-hybridized carbons (Fsp3) is 0.130. The first kappa shape index (κ1) is 18.7. The number of hydrogen-bond donors (Lipinski definition) is 1. The Morgan fingerprint density at radius 1 is 0.833 bits per heavy atom. The minimum atomic E-state index is -1.02. The predicted octanol–water partition coefficient (Wildman–Crippen LogP) is 4.10. The summed E-state index contributed by atoms with van der Waals surface area (Å²) in [5, 5.41) is 12.4. The highest BCUT2D eigenvalue weighted by atomic mass is 35.5. The number of carbonyl (C=O) groups excluding carboxylic acids is 2. The van der Waals surface area contributed by atoms with Crippen molar-refractivity contribution in [3.05, 3.63) is 89.4 Å². The largest absolute Gasteiger partial charge is 0.508 e. The van der Waals surface area contributed by atoms with Crippen LogP contribution in [-0.2, 0) is 14.4 Å². The van der Waals surface area contributed by atoms with E-state index in [1.807, 2.05) is 30.3 Å². The van der Waals surface area contributed by atoms with Crippen molar-refractivity contribution in [1.82, 2.24) is 0 Å². The van der Waals surface area contributed by atoms with Gasteiger partial charge >= 0.3 is 0 Å². The summed E-state index contributed by atoms with van der Waals surface area (Å²) in [5.74, 6) is -1.69. The standard InChI is InChI=1S/C23H17ClN2O4/c24-16-11-5-6-12-17(16)25-22(28)19-20(15-10-4-7-13-18(15)27)26(30-21(19)23(25)29)14-8-2-1-3-9-14/h1-13,19-21,27H/t19-,20+,21-/m1/s1. The van der Waals surface area contributed by atoms with Crippen LogP contribution in [0.25, 0.3) is 0 Å². The number of nitrogens with zero attached hydrogens (tertiary/aromatic N) is 2. The van der Waals surface area contributed by atoms with Gasteiger partial charge in [-0.3, -0.25) is 14.4 Å². The third-order valence-corrected chi connectivity index (χ3v) is 5.79. The fourth-order valence-electron chi connectivity index (χ4n) is 4.14. The lowest BCUT2D eigenvalue weighted by Gasteiger charge is -2.29. The average Bonchev–Trinajstić information content (AvgIpc) is 3.26. The molecule has 5 rings (SSSR count). The van der Waals surface area contributed by atoms with Gasteiger partial charge in [0.15, 0.2) is 6.10 Å². The molecule has 2 fully saturated rings. The monoisotopic (exact) mass is 420 g/mol. The Bertz CT molecular complexity index is 1140. The molecule has 6 nitrogen and oxygen atoms in total. The topological polar surface area (TPSA) is 70.1 Å². The molecule has 0 aromatic heterocycles. The molecule has 2 amide bonds. The van der Waals surface area contributed by atoms with Crippen LogP contribution in [0.5, 0.6) is 5.75 Å². The lowest BCUT2D eigenvalue weighted by atomic mass is 9.90. The molecule has 2 aliphatic heterocycles. The van der Waals surface area contributed by atoms with Crippen LogP contribution in [0.4, 0.5) is 11.4 Å². The predicted molar refractivity (Wildman–Crippen MR) is 112 cm³/mol. The number of para-hydroxylation sites is 3. The number of fused-ring (bicyclic) bond motifs is 1. The molecule has 30 heavy (non-hydrogen) atoms. The van der Waals surface area contributed by atoms with Crippen LogP contribution in [0.2, 0.25) is 5.02 Å². The Morgan fingerprint density at radius 2 is 1.50 bits per heavy atom. The second-order valence-corrected chi connectivity index (χ2v) is 7.59. The van der Waals surface area contributed by atoms with Crippen LogP contribution >= 0.6 is 11.6 Å². The van der Waals surface area contributed by atoms with Gasteiger partial charge in [0, 0.05) is 5.56 Å². The number of aromatic hydroxyl groups is 1. The van der Waals surface area contributed by atoms with Gasteiger partial charge in [0.1, 0.15) is 11.7 Å². The van der Waals surface area contributed by atoms with E-state index in [1.165, 1.54) is 0 Å². The molecular formula is C23H17ClN2O4. The number of phenols is 1. The van der Waals surface area contributed by atoms with Crippen molar-refractivity contribution in [2.75, 3.05) is 9.96 Å². The number of anilines is 2. The molecule has 7 heteroatoms. The van der Waals surface area contributed by atoms with Crippen molar-refractivity contribution in [3.8, 4) is 5.75 Å². The summed E-state index contributed by atoms with van der Waals surface area (Å²) in [7, 11) is 0. The van der Waals surface area contributed by atoms with Crippen molar-refractivity contribution < 1.29 is 19.5 Å². The van der Waals surface area contributed by atoms with Crippen LogP contribution in [0.15, 0.2) is 78.9 Å². The number of hydroxylamine groups is 1. The number of carbonyl (C=O) groups is 2. The molecule has 0 unspecified atom stereocenters. The van der Waals surface area contributed by atoms with Crippen molar-refractivity contribution in [1.29, 1.82) is 0 Å². The quantitative estimate of drug-likeness (QED) is 0.646. The van der Waals surface area contributed by atoms with E-state index in [0.29, 0.717) is 22.0 Å². The van der Waals surface area contributed by atoms with Gasteiger partial charge in [0.2, 0.25) is 5.91 Å². The summed E-state index contributed by atoms with van der Waals surface area (Å²) in [6.45, 7) is 0. The van der Waals surface area contributed by atoms with Crippen molar-refractivity contribution in [2.24, 2.45) is 5.92 Å². The van der Waals surface area contributed by atoms with Gasteiger partial charge in [-0.15, -0.1) is 0 Å². The molecule has 2 heterocycles. The summed E-state index contributed by atoms with van der Waals surface area (Å²) >= 11 is 6.26. The Balaban J connectivity index is 1.62. The Hall–Kier alpha value is -3.35. The molecule has 3 aromatic carbocycles. The lowest BCUT2D eigenvalue weighted by molar-refractivity contribution is -0.126. The van der Waals surface area contributed by atoms with Crippen molar-refractivity contribution in [2.45, 2.75) is 12.1 Å². The van der Waals surface area contributed by atoms with Crippen LogP contribution in [0, 0.1) is 5.92 Å². The number of phenolic OH excluding ortho intramolecular Hbond substituents is 1. The van der Waals surface area contributed by atoms with E-state index in [-0.39, 0.29) is 5.75 Å². The third kappa shape index (κ3) is 2.76. The van der Waals surface area contributed by atoms with E-state index < -0.39 is 29.9 Å². The molecule has 1 N–H and O–H groups in total. The molecular weight excluding hydrogens is 404 g/mol. The first-order valence-electron chi connectivity index (χ1n) is 9.49. The lowest BCUT2D eigenvalue weighted by Crippen LogP contribution is -2.37.